The van der Waals surface area contributed by atoms with Gasteiger partial charge in [0.05, 0.1) is 11.0 Å². The van der Waals surface area contributed by atoms with Crippen molar-refractivity contribution in [3.05, 3.63) is 51.5 Å². The molecule has 4 rings (SSSR count). The van der Waals surface area contributed by atoms with Crippen LogP contribution < -0.4 is 4.74 Å². The van der Waals surface area contributed by atoms with Crippen molar-refractivity contribution < 1.29 is 14.6 Å². The summed E-state index contributed by atoms with van der Waals surface area (Å²) in [4.78, 5) is 21.2. The van der Waals surface area contributed by atoms with Crippen molar-refractivity contribution in [2.75, 3.05) is 32.7 Å². The van der Waals surface area contributed by atoms with Gasteiger partial charge >= 0.3 is 5.97 Å². The van der Waals surface area contributed by atoms with Crippen molar-refractivity contribution in [1.29, 1.82) is 0 Å². The summed E-state index contributed by atoms with van der Waals surface area (Å²) >= 11 is 3.55. The molecule has 1 N–H and O–H groups in total. The van der Waals surface area contributed by atoms with Crippen LogP contribution in [-0.4, -0.2) is 59.4 Å². The van der Waals surface area contributed by atoms with Gasteiger partial charge in [-0.25, -0.2) is 4.99 Å². The van der Waals surface area contributed by atoms with Crippen molar-refractivity contribution in [3.8, 4) is 11.5 Å². The first-order valence-electron chi connectivity index (χ1n) is 11.0. The lowest BCUT2D eigenvalue weighted by atomic mass is 9.89. The molecule has 2 aliphatic rings. The van der Waals surface area contributed by atoms with Crippen molar-refractivity contribution in [1.82, 2.24) is 9.80 Å². The molecule has 0 unspecified atom stereocenters. The minimum atomic E-state index is -0.740. The van der Waals surface area contributed by atoms with Crippen molar-refractivity contribution in [3.63, 3.8) is 0 Å². The van der Waals surface area contributed by atoms with E-state index in [-0.39, 0.29) is 0 Å². The molecule has 170 valence electrons. The van der Waals surface area contributed by atoms with Gasteiger partial charge < -0.3 is 14.7 Å². The first-order chi connectivity index (χ1) is 15.1. The van der Waals surface area contributed by atoms with E-state index in [9.17, 15) is 9.90 Å². The maximum absolute atomic E-state index is 11.4. The summed E-state index contributed by atoms with van der Waals surface area (Å²) in [5.41, 5.74) is 3.52. The number of fused-ring (bicyclic) bond motifs is 2. The van der Waals surface area contributed by atoms with E-state index in [4.69, 9.17) is 9.73 Å². The molecule has 0 aromatic heterocycles. The van der Waals surface area contributed by atoms with Crippen LogP contribution in [0.2, 0.25) is 0 Å². The van der Waals surface area contributed by atoms with Crippen LogP contribution >= 0.6 is 15.9 Å². The standard InChI is InChI=1S/C25H30BrN3O3/c1-16-13-19-22(14-17(16)2)32-21-6-5-18(26)15-20(21)27-23(19)29-11-9-28(10-12-29)8-7-25(3,4)24(30)31/h5-6,13-15H,7-12H2,1-4H3,(H,30,31). The van der Waals surface area contributed by atoms with E-state index in [1.807, 2.05) is 18.2 Å². The third-order valence-corrected chi connectivity index (χ3v) is 7.00. The molecule has 1 saturated heterocycles. The van der Waals surface area contributed by atoms with Gasteiger partial charge in [0.2, 0.25) is 0 Å². The largest absolute Gasteiger partial charge is 0.481 e. The molecule has 0 amide bonds. The second-order valence-electron chi connectivity index (χ2n) is 9.35. The highest BCUT2D eigenvalue weighted by Crippen LogP contribution is 2.40. The van der Waals surface area contributed by atoms with E-state index in [2.05, 4.69) is 51.7 Å². The van der Waals surface area contributed by atoms with Crippen molar-refractivity contribution in [2.45, 2.75) is 34.1 Å². The van der Waals surface area contributed by atoms with E-state index >= 15 is 0 Å². The van der Waals surface area contributed by atoms with Gasteiger partial charge in [0.25, 0.3) is 0 Å². The fourth-order valence-corrected chi connectivity index (χ4v) is 4.32. The zero-order valence-electron chi connectivity index (χ0n) is 19.1. The fourth-order valence-electron chi connectivity index (χ4n) is 3.97. The number of aliphatic imine (C=N–C) groups is 1. The van der Waals surface area contributed by atoms with Gasteiger partial charge in [0.15, 0.2) is 5.75 Å². The van der Waals surface area contributed by atoms with E-state index in [1.54, 1.807) is 13.8 Å². The molecule has 0 bridgehead atoms. The molecule has 32 heavy (non-hydrogen) atoms. The van der Waals surface area contributed by atoms with Crippen LogP contribution in [0.25, 0.3) is 0 Å². The molecule has 0 aliphatic carbocycles. The molecule has 2 aliphatic heterocycles. The molecular weight excluding hydrogens is 470 g/mol. The number of amidine groups is 1. The van der Waals surface area contributed by atoms with Crippen LogP contribution in [0, 0.1) is 19.3 Å². The summed E-state index contributed by atoms with van der Waals surface area (Å²) < 4.78 is 7.27. The van der Waals surface area contributed by atoms with Gasteiger partial charge in [-0.3, -0.25) is 9.69 Å². The number of nitrogens with zero attached hydrogens (tertiary/aromatic N) is 3. The Morgan fingerprint density at radius 1 is 1.09 bits per heavy atom. The van der Waals surface area contributed by atoms with Gasteiger partial charge in [0.1, 0.15) is 17.3 Å². The number of hydrogen-bond donors (Lipinski definition) is 1. The average Bonchev–Trinajstić information content (AvgIpc) is 2.89. The van der Waals surface area contributed by atoms with Crippen LogP contribution in [0.3, 0.4) is 0 Å². The number of carboxylic acid groups (broad SMARTS) is 1. The third kappa shape index (κ3) is 4.69. The van der Waals surface area contributed by atoms with Crippen LogP contribution in [0.4, 0.5) is 5.69 Å². The molecule has 2 aromatic carbocycles. The molecule has 2 aromatic rings. The predicted molar refractivity (Wildman–Crippen MR) is 130 cm³/mol. The first kappa shape index (κ1) is 22.8. The molecular formula is C25H30BrN3O3. The fraction of sp³-hybridized carbons (Fsp3) is 0.440. The van der Waals surface area contributed by atoms with E-state index in [0.29, 0.717) is 6.42 Å². The normalized spacial score (nSPS) is 16.5. The van der Waals surface area contributed by atoms with Gasteiger partial charge in [-0.15, -0.1) is 0 Å². The Kier molecular flexibility index (Phi) is 6.32. The quantitative estimate of drug-likeness (QED) is 0.612. The van der Waals surface area contributed by atoms with Crippen LogP contribution in [0.1, 0.15) is 37.0 Å². The Hall–Kier alpha value is -2.38. The van der Waals surface area contributed by atoms with Gasteiger partial charge in [-0.05, 0) is 82.1 Å². The Labute approximate surface area is 198 Å². The predicted octanol–water partition coefficient (Wildman–Crippen LogP) is 5.37. The zero-order chi connectivity index (χ0) is 23.0. The second kappa shape index (κ2) is 8.87. The highest BCUT2D eigenvalue weighted by molar-refractivity contribution is 9.10. The van der Waals surface area contributed by atoms with Gasteiger partial charge in [-0.1, -0.05) is 15.9 Å². The maximum Gasteiger partial charge on any atom is 0.309 e. The molecule has 0 saturated carbocycles. The molecule has 0 spiro atoms. The Morgan fingerprint density at radius 2 is 1.78 bits per heavy atom. The number of carbonyl (C=O) groups is 1. The summed E-state index contributed by atoms with van der Waals surface area (Å²) in [6.45, 7) is 12.0. The topological polar surface area (TPSA) is 65.4 Å². The van der Waals surface area contributed by atoms with Crippen LogP contribution in [-0.2, 0) is 4.79 Å². The number of aryl methyl sites for hydroxylation is 2. The summed E-state index contributed by atoms with van der Waals surface area (Å²) in [5, 5.41) is 9.39. The number of halogens is 1. The first-order valence-corrected chi connectivity index (χ1v) is 11.8. The molecule has 1 fully saturated rings. The van der Waals surface area contributed by atoms with Crippen molar-refractivity contribution in [2.24, 2.45) is 10.4 Å². The van der Waals surface area contributed by atoms with Crippen LogP contribution in [0.5, 0.6) is 11.5 Å². The highest BCUT2D eigenvalue weighted by Gasteiger charge is 2.30. The number of aliphatic carboxylic acids is 1. The van der Waals surface area contributed by atoms with E-state index < -0.39 is 11.4 Å². The summed E-state index contributed by atoms with van der Waals surface area (Å²) in [6, 6.07) is 10.2. The van der Waals surface area contributed by atoms with Crippen molar-refractivity contribution >= 4 is 33.4 Å². The third-order valence-electron chi connectivity index (χ3n) is 6.51. The number of benzene rings is 2. The summed E-state index contributed by atoms with van der Waals surface area (Å²) in [5.74, 6) is 1.78. The number of piperazine rings is 1. The molecule has 2 heterocycles. The van der Waals surface area contributed by atoms with Gasteiger partial charge in [-0.2, -0.15) is 0 Å². The monoisotopic (exact) mass is 499 g/mol. The Bertz CT molecular complexity index is 1070. The highest BCUT2D eigenvalue weighted by atomic mass is 79.9. The average molecular weight is 500 g/mol. The number of carboxylic acids is 1. The Balaban J connectivity index is 1.59. The second-order valence-corrected chi connectivity index (χ2v) is 10.3. The number of hydrogen-bond acceptors (Lipinski definition) is 5. The van der Waals surface area contributed by atoms with Gasteiger partial charge in [0, 0.05) is 30.7 Å². The number of ether oxygens (including phenoxy) is 1. The molecule has 0 radical (unpaired) electrons. The lowest BCUT2D eigenvalue weighted by Gasteiger charge is -2.37. The minimum absolute atomic E-state index is 0.639. The SMILES string of the molecule is Cc1cc2c(cc1C)C(N1CCN(CCC(C)(C)C(=O)O)CC1)=Nc1cc(Br)ccc1O2. The lowest BCUT2D eigenvalue weighted by Crippen LogP contribution is -2.49. The molecule has 6 nitrogen and oxygen atoms in total. The molecule has 7 heteroatoms. The summed E-state index contributed by atoms with van der Waals surface area (Å²) in [7, 11) is 0. The smallest absolute Gasteiger partial charge is 0.309 e. The number of rotatable bonds is 4. The molecule has 0 atom stereocenters. The lowest BCUT2D eigenvalue weighted by molar-refractivity contribution is -0.147. The van der Waals surface area contributed by atoms with Crippen LogP contribution in [0.15, 0.2) is 39.8 Å². The maximum atomic E-state index is 11.4. The van der Waals surface area contributed by atoms with E-state index in [1.165, 1.54) is 11.1 Å². The zero-order valence-corrected chi connectivity index (χ0v) is 20.7. The summed E-state index contributed by atoms with van der Waals surface area (Å²) in [6.07, 6.45) is 0.639. The Morgan fingerprint density at radius 3 is 2.47 bits per heavy atom. The van der Waals surface area contributed by atoms with E-state index in [0.717, 1.165) is 65.8 Å². The minimum Gasteiger partial charge on any atom is -0.481 e.